The first-order valence-electron chi connectivity index (χ1n) is 7.52. The fourth-order valence-corrected chi connectivity index (χ4v) is 3.46. The number of carbonyl (C=O) groups is 2. The molecule has 7 nitrogen and oxygen atoms in total. The van der Waals surface area contributed by atoms with Crippen LogP contribution >= 0.6 is 0 Å². The molecule has 138 valence electrons. The number of ketones is 1. The monoisotopic (exact) mass is 378 g/mol. The van der Waals surface area contributed by atoms with E-state index in [0.29, 0.717) is 11.3 Å². The lowest BCUT2D eigenvalue weighted by Crippen LogP contribution is -2.14. The van der Waals surface area contributed by atoms with Crippen molar-refractivity contribution in [2.45, 2.75) is 18.7 Å². The third-order valence-corrected chi connectivity index (χ3v) is 5.02. The van der Waals surface area contributed by atoms with Crippen LogP contribution in [-0.2, 0) is 14.9 Å². The summed E-state index contributed by atoms with van der Waals surface area (Å²) in [5.74, 6) is -0.856. The van der Waals surface area contributed by atoms with Crippen molar-refractivity contribution in [3.05, 3.63) is 53.1 Å². The minimum atomic E-state index is -4.30. The van der Waals surface area contributed by atoms with Crippen molar-refractivity contribution in [3.8, 4) is 11.5 Å². The average Bonchev–Trinajstić information content (AvgIpc) is 2.60. The minimum Gasteiger partial charge on any atom is -0.497 e. The lowest BCUT2D eigenvalue weighted by Gasteiger charge is -2.13. The molecule has 0 aromatic heterocycles. The molecule has 0 N–H and O–H groups in total. The Balaban J connectivity index is 2.53. The van der Waals surface area contributed by atoms with Gasteiger partial charge in [0.25, 0.3) is 0 Å². The molecule has 2 aromatic rings. The molecule has 0 fully saturated rings. The van der Waals surface area contributed by atoms with Gasteiger partial charge in [-0.15, -0.1) is 0 Å². The van der Waals surface area contributed by atoms with Crippen LogP contribution in [0, 0.1) is 6.92 Å². The van der Waals surface area contributed by atoms with E-state index in [1.54, 1.807) is 6.92 Å². The van der Waals surface area contributed by atoms with E-state index in [-0.39, 0.29) is 27.6 Å². The number of methoxy groups -OCH3 is 2. The zero-order valence-corrected chi connectivity index (χ0v) is 15.5. The van der Waals surface area contributed by atoms with Crippen molar-refractivity contribution in [1.29, 1.82) is 0 Å². The highest BCUT2D eigenvalue weighted by Gasteiger charge is 2.24. The molecule has 0 heterocycles. The standard InChI is InChI=1S/C18H18O7S/c1-11-5-6-13(18(20)24-4)9-17(11)26(21,22)25-16-10-14(23-3)7-8-15(16)12(2)19/h5-10H,1-4H3. The Kier molecular flexibility index (Phi) is 5.66. The molecule has 2 rings (SSSR count). The highest BCUT2D eigenvalue weighted by Crippen LogP contribution is 2.29. The Hall–Kier alpha value is -2.87. The Morgan fingerprint density at radius 3 is 2.27 bits per heavy atom. The summed E-state index contributed by atoms with van der Waals surface area (Å²) in [5.41, 5.74) is 0.541. The van der Waals surface area contributed by atoms with Crippen molar-refractivity contribution in [1.82, 2.24) is 0 Å². The summed E-state index contributed by atoms with van der Waals surface area (Å²) in [4.78, 5) is 23.2. The van der Waals surface area contributed by atoms with Crippen LogP contribution in [0.15, 0.2) is 41.3 Å². The molecule has 26 heavy (non-hydrogen) atoms. The van der Waals surface area contributed by atoms with Gasteiger partial charge in [0, 0.05) is 6.07 Å². The van der Waals surface area contributed by atoms with Gasteiger partial charge in [-0.3, -0.25) is 4.79 Å². The number of hydrogen-bond acceptors (Lipinski definition) is 7. The molecule has 0 bridgehead atoms. The predicted octanol–water partition coefficient (Wildman–Crippen LogP) is 2.76. The van der Waals surface area contributed by atoms with E-state index in [1.165, 1.54) is 57.5 Å². The number of hydrogen-bond donors (Lipinski definition) is 0. The summed E-state index contributed by atoms with van der Waals surface area (Å²) in [6.07, 6.45) is 0. The normalized spacial score (nSPS) is 10.9. The first-order chi connectivity index (χ1) is 12.2. The summed E-state index contributed by atoms with van der Waals surface area (Å²) in [6.45, 7) is 2.86. The van der Waals surface area contributed by atoms with Gasteiger partial charge >= 0.3 is 16.1 Å². The molecule has 0 saturated carbocycles. The van der Waals surface area contributed by atoms with Crippen LogP contribution in [0.4, 0.5) is 0 Å². The molecule has 0 atom stereocenters. The van der Waals surface area contributed by atoms with E-state index in [9.17, 15) is 18.0 Å². The summed E-state index contributed by atoms with van der Waals surface area (Å²) in [5, 5.41) is 0. The topological polar surface area (TPSA) is 96.0 Å². The molecule has 0 aliphatic rings. The summed E-state index contributed by atoms with van der Waals surface area (Å²) in [6, 6.07) is 8.35. The van der Waals surface area contributed by atoms with Gasteiger partial charge in [0.05, 0.1) is 25.3 Å². The molecule has 8 heteroatoms. The quantitative estimate of drug-likeness (QED) is 0.433. The van der Waals surface area contributed by atoms with Crippen molar-refractivity contribution >= 4 is 21.9 Å². The van der Waals surface area contributed by atoms with Gasteiger partial charge < -0.3 is 13.7 Å². The predicted molar refractivity (Wildman–Crippen MR) is 93.3 cm³/mol. The molecule has 0 saturated heterocycles. The van der Waals surface area contributed by atoms with E-state index < -0.39 is 16.1 Å². The second-order valence-electron chi connectivity index (χ2n) is 5.43. The molecule has 0 amide bonds. The number of rotatable bonds is 6. The maximum absolute atomic E-state index is 12.7. The molecule has 0 radical (unpaired) electrons. The fourth-order valence-electron chi connectivity index (χ4n) is 2.27. The van der Waals surface area contributed by atoms with Crippen molar-refractivity contribution in [2.24, 2.45) is 0 Å². The Labute approximate surface area is 151 Å². The zero-order chi connectivity index (χ0) is 19.5. The van der Waals surface area contributed by atoms with Crippen LogP contribution in [-0.4, -0.2) is 34.4 Å². The molecular formula is C18H18O7S. The van der Waals surface area contributed by atoms with Crippen molar-refractivity contribution in [2.75, 3.05) is 14.2 Å². The number of benzene rings is 2. The fraction of sp³-hybridized carbons (Fsp3) is 0.222. The SMILES string of the molecule is COC(=O)c1ccc(C)c(S(=O)(=O)Oc2cc(OC)ccc2C(C)=O)c1. The molecular weight excluding hydrogens is 360 g/mol. The third-order valence-electron chi connectivity index (χ3n) is 3.65. The first kappa shape index (κ1) is 19.5. The number of aryl methyl sites for hydroxylation is 1. The van der Waals surface area contributed by atoms with E-state index >= 15 is 0 Å². The van der Waals surface area contributed by atoms with E-state index in [0.717, 1.165) is 0 Å². The van der Waals surface area contributed by atoms with Crippen LogP contribution < -0.4 is 8.92 Å². The molecule has 0 aliphatic carbocycles. The lowest BCUT2D eigenvalue weighted by atomic mass is 10.1. The summed E-state index contributed by atoms with van der Waals surface area (Å²) >= 11 is 0. The highest BCUT2D eigenvalue weighted by atomic mass is 32.2. The average molecular weight is 378 g/mol. The van der Waals surface area contributed by atoms with Gasteiger partial charge in [-0.1, -0.05) is 6.07 Å². The maximum Gasteiger partial charge on any atom is 0.339 e. The van der Waals surface area contributed by atoms with Crippen LogP contribution in [0.5, 0.6) is 11.5 Å². The molecule has 2 aromatic carbocycles. The van der Waals surface area contributed by atoms with Gasteiger partial charge in [-0.2, -0.15) is 8.42 Å². The molecule has 0 unspecified atom stereocenters. The largest absolute Gasteiger partial charge is 0.497 e. The second kappa shape index (κ2) is 7.57. The Morgan fingerprint density at radius 2 is 1.69 bits per heavy atom. The summed E-state index contributed by atoms with van der Waals surface area (Å²) < 4.78 is 40.3. The van der Waals surface area contributed by atoms with Crippen LogP contribution in [0.2, 0.25) is 0 Å². The minimum absolute atomic E-state index is 0.0673. The smallest absolute Gasteiger partial charge is 0.339 e. The van der Waals surface area contributed by atoms with Crippen LogP contribution in [0.3, 0.4) is 0 Å². The van der Waals surface area contributed by atoms with Gasteiger partial charge in [0.2, 0.25) is 0 Å². The first-order valence-corrected chi connectivity index (χ1v) is 8.93. The molecule has 0 aliphatic heterocycles. The van der Waals surface area contributed by atoms with Crippen LogP contribution in [0.1, 0.15) is 33.2 Å². The van der Waals surface area contributed by atoms with E-state index in [1.807, 2.05) is 0 Å². The summed E-state index contributed by atoms with van der Waals surface area (Å²) in [7, 11) is -1.70. The van der Waals surface area contributed by atoms with Gasteiger partial charge in [-0.25, -0.2) is 4.79 Å². The number of carbonyl (C=O) groups excluding carboxylic acids is 2. The van der Waals surface area contributed by atoms with Gasteiger partial charge in [-0.05, 0) is 43.7 Å². The number of Topliss-reactive ketones (excluding diaryl/α,β-unsaturated/α-hetero) is 1. The Morgan fingerprint density at radius 1 is 1.00 bits per heavy atom. The Bertz CT molecular complexity index is 962. The number of esters is 1. The van der Waals surface area contributed by atoms with Crippen molar-refractivity contribution in [3.63, 3.8) is 0 Å². The van der Waals surface area contributed by atoms with Crippen LogP contribution in [0.25, 0.3) is 0 Å². The molecule has 0 spiro atoms. The lowest BCUT2D eigenvalue weighted by molar-refractivity contribution is 0.0600. The zero-order valence-electron chi connectivity index (χ0n) is 14.7. The maximum atomic E-state index is 12.7. The number of ether oxygens (including phenoxy) is 2. The van der Waals surface area contributed by atoms with Gasteiger partial charge in [0.1, 0.15) is 10.6 Å². The highest BCUT2D eigenvalue weighted by molar-refractivity contribution is 7.87. The second-order valence-corrected chi connectivity index (χ2v) is 6.94. The van der Waals surface area contributed by atoms with Crippen molar-refractivity contribution < 1.29 is 31.7 Å². The van der Waals surface area contributed by atoms with E-state index in [4.69, 9.17) is 8.92 Å². The van der Waals surface area contributed by atoms with E-state index in [2.05, 4.69) is 4.74 Å². The van der Waals surface area contributed by atoms with Gasteiger partial charge in [0.15, 0.2) is 11.5 Å². The third kappa shape index (κ3) is 4.02.